The maximum atomic E-state index is 11.7. The summed E-state index contributed by atoms with van der Waals surface area (Å²) in [6, 6.07) is 4.00. The van der Waals surface area contributed by atoms with E-state index in [2.05, 4.69) is 31.1 Å². The predicted molar refractivity (Wildman–Crippen MR) is 79.6 cm³/mol. The fraction of sp³-hybridized carbons (Fsp3) is 0.500. The number of nitrogens with one attached hydrogen (secondary N) is 1. The van der Waals surface area contributed by atoms with E-state index in [0.29, 0.717) is 0 Å². The summed E-state index contributed by atoms with van der Waals surface area (Å²) < 4.78 is 0. The van der Waals surface area contributed by atoms with Crippen LogP contribution in [0.15, 0.2) is 30.6 Å². The zero-order valence-corrected chi connectivity index (χ0v) is 12.1. The summed E-state index contributed by atoms with van der Waals surface area (Å²) in [5.74, 6) is 0.689. The van der Waals surface area contributed by atoms with Crippen molar-refractivity contribution in [1.82, 2.24) is 10.3 Å². The molecule has 3 heteroatoms. The van der Waals surface area contributed by atoms with Crippen LogP contribution in [0, 0.1) is 5.92 Å². The van der Waals surface area contributed by atoms with Crippen LogP contribution in [-0.2, 0) is 4.79 Å². The number of pyridine rings is 1. The van der Waals surface area contributed by atoms with Gasteiger partial charge in [-0.25, -0.2) is 0 Å². The summed E-state index contributed by atoms with van der Waals surface area (Å²) in [5, 5.41) is 2.98. The van der Waals surface area contributed by atoms with Crippen molar-refractivity contribution in [3.63, 3.8) is 0 Å². The van der Waals surface area contributed by atoms with Crippen molar-refractivity contribution in [2.24, 2.45) is 5.92 Å². The molecule has 1 aromatic heterocycles. The number of nitrogens with zero attached hydrogens (tertiary/aromatic N) is 1. The van der Waals surface area contributed by atoms with Gasteiger partial charge >= 0.3 is 0 Å². The van der Waals surface area contributed by atoms with Crippen molar-refractivity contribution >= 4 is 12.0 Å². The minimum Gasteiger partial charge on any atom is -0.350 e. The number of amides is 1. The molecular weight excluding hydrogens is 236 g/mol. The molecule has 104 valence electrons. The highest BCUT2D eigenvalue weighted by atomic mass is 16.1. The Hall–Kier alpha value is -1.64. The van der Waals surface area contributed by atoms with E-state index in [-0.39, 0.29) is 11.9 Å². The molecule has 0 fully saturated rings. The smallest absolute Gasteiger partial charge is 0.244 e. The van der Waals surface area contributed by atoms with E-state index in [4.69, 9.17) is 0 Å². The van der Waals surface area contributed by atoms with Crippen LogP contribution in [0.4, 0.5) is 0 Å². The van der Waals surface area contributed by atoms with E-state index in [9.17, 15) is 4.79 Å². The number of carbonyl (C=O) groups is 1. The third kappa shape index (κ3) is 7.39. The summed E-state index contributed by atoms with van der Waals surface area (Å²) in [6.07, 6.45) is 10.2. The van der Waals surface area contributed by atoms with Crippen molar-refractivity contribution in [2.45, 2.75) is 46.1 Å². The minimum absolute atomic E-state index is 0.0408. The topological polar surface area (TPSA) is 42.0 Å². The Morgan fingerprint density at radius 3 is 2.79 bits per heavy atom. The highest BCUT2D eigenvalue weighted by molar-refractivity contribution is 5.91. The molecule has 0 aliphatic carbocycles. The number of aromatic nitrogens is 1. The Bertz CT molecular complexity index is 398. The SMILES string of the molecule is CC(C)CCCC(C)NC(=O)/C=C/c1cccnc1. The average molecular weight is 260 g/mol. The Morgan fingerprint density at radius 2 is 2.16 bits per heavy atom. The summed E-state index contributed by atoms with van der Waals surface area (Å²) >= 11 is 0. The molecule has 3 nitrogen and oxygen atoms in total. The van der Waals surface area contributed by atoms with Crippen LogP contribution >= 0.6 is 0 Å². The van der Waals surface area contributed by atoms with Crippen molar-refractivity contribution < 1.29 is 4.79 Å². The zero-order chi connectivity index (χ0) is 14.1. The molecule has 0 bridgehead atoms. The van der Waals surface area contributed by atoms with Gasteiger partial charge in [-0.05, 0) is 37.0 Å². The lowest BCUT2D eigenvalue weighted by molar-refractivity contribution is -0.117. The second-order valence-corrected chi connectivity index (χ2v) is 5.35. The lowest BCUT2D eigenvalue weighted by Gasteiger charge is -2.13. The van der Waals surface area contributed by atoms with Crippen LogP contribution in [0.2, 0.25) is 0 Å². The first-order valence-electron chi connectivity index (χ1n) is 6.96. The van der Waals surface area contributed by atoms with Gasteiger partial charge in [0.25, 0.3) is 0 Å². The second-order valence-electron chi connectivity index (χ2n) is 5.35. The normalized spacial score (nSPS) is 12.8. The summed E-state index contributed by atoms with van der Waals surface area (Å²) in [7, 11) is 0. The highest BCUT2D eigenvalue weighted by Crippen LogP contribution is 2.08. The molecule has 0 aliphatic rings. The van der Waals surface area contributed by atoms with Crippen molar-refractivity contribution in [3.05, 3.63) is 36.2 Å². The lowest BCUT2D eigenvalue weighted by atomic mass is 10.0. The first-order chi connectivity index (χ1) is 9.08. The first kappa shape index (κ1) is 15.4. The van der Waals surface area contributed by atoms with E-state index in [1.54, 1.807) is 24.5 Å². The Balaban J connectivity index is 2.29. The highest BCUT2D eigenvalue weighted by Gasteiger charge is 2.05. The molecule has 0 saturated carbocycles. The van der Waals surface area contributed by atoms with E-state index in [0.717, 1.165) is 24.3 Å². The molecule has 0 saturated heterocycles. The van der Waals surface area contributed by atoms with Crippen LogP contribution in [0.5, 0.6) is 0 Å². The van der Waals surface area contributed by atoms with Crippen LogP contribution < -0.4 is 5.32 Å². The molecule has 1 aromatic rings. The van der Waals surface area contributed by atoms with Gasteiger partial charge in [-0.2, -0.15) is 0 Å². The van der Waals surface area contributed by atoms with E-state index in [1.807, 2.05) is 12.1 Å². The molecule has 1 heterocycles. The number of hydrogen-bond donors (Lipinski definition) is 1. The van der Waals surface area contributed by atoms with Gasteiger partial charge in [0, 0.05) is 24.5 Å². The largest absolute Gasteiger partial charge is 0.350 e. The van der Waals surface area contributed by atoms with Gasteiger partial charge in [0.15, 0.2) is 0 Å². The second kappa shape index (κ2) is 8.46. The molecule has 0 spiro atoms. The van der Waals surface area contributed by atoms with E-state index < -0.39 is 0 Å². The van der Waals surface area contributed by atoms with Gasteiger partial charge in [0.2, 0.25) is 5.91 Å². The van der Waals surface area contributed by atoms with Gasteiger partial charge in [-0.1, -0.05) is 32.8 Å². The maximum Gasteiger partial charge on any atom is 0.244 e. The first-order valence-corrected chi connectivity index (χ1v) is 6.96. The summed E-state index contributed by atoms with van der Waals surface area (Å²) in [6.45, 7) is 6.50. The Labute approximate surface area is 116 Å². The predicted octanol–water partition coefficient (Wildman–Crippen LogP) is 3.43. The maximum absolute atomic E-state index is 11.7. The molecule has 0 aromatic carbocycles. The minimum atomic E-state index is -0.0408. The number of carbonyl (C=O) groups excluding carboxylic acids is 1. The van der Waals surface area contributed by atoms with E-state index in [1.165, 1.54) is 6.42 Å². The molecule has 0 aliphatic heterocycles. The molecule has 1 N–H and O–H groups in total. The quantitative estimate of drug-likeness (QED) is 0.763. The van der Waals surface area contributed by atoms with Gasteiger partial charge in [-0.15, -0.1) is 0 Å². The molecule has 19 heavy (non-hydrogen) atoms. The Morgan fingerprint density at radius 1 is 1.37 bits per heavy atom. The van der Waals surface area contributed by atoms with Crippen molar-refractivity contribution in [2.75, 3.05) is 0 Å². The molecule has 1 unspecified atom stereocenters. The monoisotopic (exact) mass is 260 g/mol. The van der Waals surface area contributed by atoms with Crippen LogP contribution in [0.3, 0.4) is 0 Å². The fourth-order valence-corrected chi connectivity index (χ4v) is 1.84. The average Bonchev–Trinajstić information content (AvgIpc) is 2.37. The zero-order valence-electron chi connectivity index (χ0n) is 12.1. The molecule has 1 amide bonds. The van der Waals surface area contributed by atoms with Crippen LogP contribution in [0.1, 0.15) is 45.6 Å². The molecule has 0 radical (unpaired) electrons. The van der Waals surface area contributed by atoms with Gasteiger partial charge in [0.1, 0.15) is 0 Å². The van der Waals surface area contributed by atoms with Gasteiger partial charge < -0.3 is 5.32 Å². The molecule has 1 atom stereocenters. The van der Waals surface area contributed by atoms with Crippen molar-refractivity contribution in [3.8, 4) is 0 Å². The fourth-order valence-electron chi connectivity index (χ4n) is 1.84. The third-order valence-electron chi connectivity index (χ3n) is 2.92. The number of hydrogen-bond acceptors (Lipinski definition) is 2. The van der Waals surface area contributed by atoms with E-state index >= 15 is 0 Å². The summed E-state index contributed by atoms with van der Waals surface area (Å²) in [5.41, 5.74) is 0.935. The summed E-state index contributed by atoms with van der Waals surface area (Å²) in [4.78, 5) is 15.7. The Kier molecular flexibility index (Phi) is 6.86. The molecular formula is C16H24N2O. The molecule has 1 rings (SSSR count). The van der Waals surface area contributed by atoms with Crippen LogP contribution in [-0.4, -0.2) is 16.9 Å². The lowest BCUT2D eigenvalue weighted by Crippen LogP contribution is -2.31. The number of rotatable bonds is 7. The van der Waals surface area contributed by atoms with Gasteiger partial charge in [-0.3, -0.25) is 9.78 Å². The standard InChI is InChI=1S/C16H24N2O/c1-13(2)6-4-7-14(3)18-16(19)10-9-15-8-5-11-17-12-15/h5,8-14H,4,6-7H2,1-3H3,(H,18,19)/b10-9+. The van der Waals surface area contributed by atoms with Gasteiger partial charge in [0.05, 0.1) is 0 Å². The van der Waals surface area contributed by atoms with Crippen molar-refractivity contribution in [1.29, 1.82) is 0 Å². The van der Waals surface area contributed by atoms with Crippen LogP contribution in [0.25, 0.3) is 6.08 Å². The third-order valence-corrected chi connectivity index (χ3v) is 2.92.